The number of carbonyl (C=O) groups excluding carboxylic acids is 1. The van der Waals surface area contributed by atoms with Crippen LogP contribution < -0.4 is 4.74 Å². The molecule has 0 saturated carbocycles. The van der Waals surface area contributed by atoms with E-state index in [1.165, 1.54) is 11.1 Å². The van der Waals surface area contributed by atoms with Crippen molar-refractivity contribution in [2.24, 2.45) is 0 Å². The zero-order chi connectivity index (χ0) is 21.5. The molecule has 0 aliphatic carbocycles. The summed E-state index contributed by atoms with van der Waals surface area (Å²) in [4.78, 5) is 25.3. The molecule has 6 heteroatoms. The van der Waals surface area contributed by atoms with Gasteiger partial charge in [0, 0.05) is 63.4 Å². The van der Waals surface area contributed by atoms with Crippen molar-refractivity contribution in [3.63, 3.8) is 0 Å². The Bertz CT molecular complexity index is 984. The highest BCUT2D eigenvalue weighted by Crippen LogP contribution is 2.17. The first-order valence-electron chi connectivity index (χ1n) is 10.7. The summed E-state index contributed by atoms with van der Waals surface area (Å²) in [5.74, 6) is 0.575. The highest BCUT2D eigenvalue weighted by Gasteiger charge is 2.22. The second-order valence-electron chi connectivity index (χ2n) is 7.90. The molecule has 0 unspecified atom stereocenters. The Balaban J connectivity index is 1.23. The number of benzene rings is 1. The summed E-state index contributed by atoms with van der Waals surface area (Å²) in [6, 6.07) is 15.8. The molecule has 0 radical (unpaired) electrons. The number of hydrogen-bond donors (Lipinski definition) is 0. The number of aromatic nitrogens is 2. The Labute approximate surface area is 183 Å². The van der Waals surface area contributed by atoms with E-state index >= 15 is 0 Å². The van der Waals surface area contributed by atoms with Crippen LogP contribution in [-0.2, 0) is 12.8 Å². The molecule has 1 fully saturated rings. The van der Waals surface area contributed by atoms with Gasteiger partial charge in [-0.2, -0.15) is 0 Å². The maximum absolute atomic E-state index is 12.5. The van der Waals surface area contributed by atoms with E-state index in [2.05, 4.69) is 33.9 Å². The summed E-state index contributed by atoms with van der Waals surface area (Å²) in [6.07, 6.45) is 6.99. The molecule has 1 amide bonds. The van der Waals surface area contributed by atoms with Crippen LogP contribution in [0, 0.1) is 6.92 Å². The molecule has 4 rings (SSSR count). The van der Waals surface area contributed by atoms with E-state index in [4.69, 9.17) is 4.74 Å². The summed E-state index contributed by atoms with van der Waals surface area (Å²) >= 11 is 0. The predicted octanol–water partition coefficient (Wildman–Crippen LogP) is 3.73. The highest BCUT2D eigenvalue weighted by molar-refractivity contribution is 5.70. The normalized spacial score (nSPS) is 14.4. The lowest BCUT2D eigenvalue weighted by Gasteiger charge is -2.34. The Morgan fingerprint density at radius 2 is 1.74 bits per heavy atom. The molecule has 0 atom stereocenters. The third kappa shape index (κ3) is 5.89. The molecule has 2 aromatic heterocycles. The molecule has 31 heavy (non-hydrogen) atoms. The van der Waals surface area contributed by atoms with Gasteiger partial charge in [-0.05, 0) is 54.3 Å². The molecule has 1 aliphatic heterocycles. The molecular weight excluding hydrogens is 388 g/mol. The molecule has 1 aromatic carbocycles. The lowest BCUT2D eigenvalue weighted by Crippen LogP contribution is -2.49. The van der Waals surface area contributed by atoms with E-state index in [9.17, 15) is 4.79 Å². The lowest BCUT2D eigenvalue weighted by atomic mass is 10.1. The summed E-state index contributed by atoms with van der Waals surface area (Å²) in [5, 5.41) is 0. The molecule has 3 aromatic rings. The van der Waals surface area contributed by atoms with Gasteiger partial charge in [-0.15, -0.1) is 0 Å². The number of nitrogens with zero attached hydrogens (tertiary/aromatic N) is 4. The van der Waals surface area contributed by atoms with E-state index in [0.29, 0.717) is 18.8 Å². The van der Waals surface area contributed by atoms with Crippen LogP contribution >= 0.6 is 0 Å². The summed E-state index contributed by atoms with van der Waals surface area (Å²) in [7, 11) is 0. The monoisotopic (exact) mass is 416 g/mol. The van der Waals surface area contributed by atoms with Gasteiger partial charge in [0.15, 0.2) is 0 Å². The molecule has 0 bridgehead atoms. The van der Waals surface area contributed by atoms with Crippen LogP contribution in [0.25, 0.3) is 0 Å². The van der Waals surface area contributed by atoms with Gasteiger partial charge in [-0.25, -0.2) is 4.79 Å². The zero-order valence-corrected chi connectivity index (χ0v) is 17.9. The molecule has 1 saturated heterocycles. The van der Waals surface area contributed by atoms with Gasteiger partial charge in [0.25, 0.3) is 0 Å². The summed E-state index contributed by atoms with van der Waals surface area (Å²) in [5.41, 5.74) is 4.63. The van der Waals surface area contributed by atoms with Crippen LogP contribution in [0.4, 0.5) is 4.79 Å². The number of piperazine rings is 1. The minimum atomic E-state index is -0.278. The van der Waals surface area contributed by atoms with E-state index in [1.807, 2.05) is 48.8 Å². The van der Waals surface area contributed by atoms with Crippen LogP contribution in [0.1, 0.15) is 22.4 Å². The number of hydrogen-bond acceptors (Lipinski definition) is 5. The van der Waals surface area contributed by atoms with Gasteiger partial charge in [0.05, 0.1) is 0 Å². The van der Waals surface area contributed by atoms with Crippen molar-refractivity contribution in [3.05, 3.63) is 89.5 Å². The first-order valence-corrected chi connectivity index (χ1v) is 10.7. The van der Waals surface area contributed by atoms with Gasteiger partial charge >= 0.3 is 6.09 Å². The Morgan fingerprint density at radius 1 is 0.968 bits per heavy atom. The van der Waals surface area contributed by atoms with E-state index in [-0.39, 0.29) is 6.09 Å². The standard InChI is InChI=1S/C25H28N4O2/c1-20-4-2-12-27-24(20)18-21-6-8-23(9-7-21)31-25(30)29-16-14-28(15-17-29)13-10-22-5-3-11-26-19-22/h2-9,11-12,19H,10,13-18H2,1H3. The highest BCUT2D eigenvalue weighted by atomic mass is 16.6. The molecule has 160 valence electrons. The number of pyridine rings is 2. The maximum Gasteiger partial charge on any atom is 0.415 e. The first kappa shape index (κ1) is 21.0. The maximum atomic E-state index is 12.5. The Hall–Kier alpha value is -3.25. The fourth-order valence-electron chi connectivity index (χ4n) is 3.72. The van der Waals surface area contributed by atoms with Gasteiger partial charge < -0.3 is 9.64 Å². The summed E-state index contributed by atoms with van der Waals surface area (Å²) in [6.45, 7) is 6.13. The van der Waals surface area contributed by atoms with Crippen LogP contribution in [0.2, 0.25) is 0 Å². The van der Waals surface area contributed by atoms with Crippen molar-refractivity contribution in [1.82, 2.24) is 19.8 Å². The molecule has 1 aliphatic rings. The smallest absolute Gasteiger partial charge is 0.410 e. The third-order valence-corrected chi connectivity index (χ3v) is 5.69. The Kier molecular flexibility index (Phi) is 6.89. The second-order valence-corrected chi connectivity index (χ2v) is 7.90. The van der Waals surface area contributed by atoms with Crippen molar-refractivity contribution < 1.29 is 9.53 Å². The van der Waals surface area contributed by atoms with Gasteiger partial charge in [0.2, 0.25) is 0 Å². The van der Waals surface area contributed by atoms with Crippen molar-refractivity contribution in [2.45, 2.75) is 19.8 Å². The molecule has 6 nitrogen and oxygen atoms in total. The van der Waals surface area contributed by atoms with E-state index in [1.54, 1.807) is 11.1 Å². The van der Waals surface area contributed by atoms with Gasteiger partial charge in [-0.3, -0.25) is 14.9 Å². The van der Waals surface area contributed by atoms with Gasteiger partial charge in [0.1, 0.15) is 5.75 Å². The number of carbonyl (C=O) groups is 1. The number of rotatable bonds is 6. The minimum Gasteiger partial charge on any atom is -0.410 e. The SMILES string of the molecule is Cc1cccnc1Cc1ccc(OC(=O)N2CCN(CCc3cccnc3)CC2)cc1. The van der Waals surface area contributed by atoms with Crippen molar-refractivity contribution in [1.29, 1.82) is 0 Å². The number of aryl methyl sites for hydroxylation is 1. The lowest BCUT2D eigenvalue weighted by molar-refractivity contribution is 0.111. The van der Waals surface area contributed by atoms with Crippen molar-refractivity contribution >= 4 is 6.09 Å². The fourth-order valence-corrected chi connectivity index (χ4v) is 3.72. The largest absolute Gasteiger partial charge is 0.415 e. The third-order valence-electron chi connectivity index (χ3n) is 5.69. The van der Waals surface area contributed by atoms with Crippen LogP contribution in [0.15, 0.2) is 67.1 Å². The average molecular weight is 417 g/mol. The van der Waals surface area contributed by atoms with Crippen LogP contribution in [-0.4, -0.2) is 58.6 Å². The van der Waals surface area contributed by atoms with E-state index < -0.39 is 0 Å². The van der Waals surface area contributed by atoms with E-state index in [0.717, 1.165) is 43.7 Å². The second kappa shape index (κ2) is 10.2. The molecular formula is C25H28N4O2. The molecule has 0 N–H and O–H groups in total. The average Bonchev–Trinajstić information content (AvgIpc) is 2.81. The van der Waals surface area contributed by atoms with Crippen molar-refractivity contribution in [3.8, 4) is 5.75 Å². The fraction of sp³-hybridized carbons (Fsp3) is 0.320. The predicted molar refractivity (Wildman–Crippen MR) is 120 cm³/mol. The summed E-state index contributed by atoms with van der Waals surface area (Å²) < 4.78 is 5.59. The quantitative estimate of drug-likeness (QED) is 0.613. The van der Waals surface area contributed by atoms with Crippen LogP contribution in [0.5, 0.6) is 5.75 Å². The van der Waals surface area contributed by atoms with Crippen LogP contribution in [0.3, 0.4) is 0 Å². The topological polar surface area (TPSA) is 58.6 Å². The first-order chi connectivity index (χ1) is 15.2. The molecule has 0 spiro atoms. The number of amides is 1. The zero-order valence-electron chi connectivity index (χ0n) is 17.9. The van der Waals surface area contributed by atoms with Crippen molar-refractivity contribution in [2.75, 3.05) is 32.7 Å². The number of ether oxygens (including phenoxy) is 1. The molecule has 3 heterocycles. The minimum absolute atomic E-state index is 0.278. The Morgan fingerprint density at radius 3 is 2.45 bits per heavy atom. The van der Waals surface area contributed by atoms with Gasteiger partial charge in [-0.1, -0.05) is 24.3 Å².